The highest BCUT2D eigenvalue weighted by Crippen LogP contribution is 2.27. The fraction of sp³-hybridized carbons (Fsp3) is 0.450. The van der Waals surface area contributed by atoms with Crippen molar-refractivity contribution < 1.29 is 9.53 Å². The van der Waals surface area contributed by atoms with E-state index in [2.05, 4.69) is 15.3 Å². The molecule has 6 nitrogen and oxygen atoms in total. The molecular formula is C20H24N4O2. The quantitative estimate of drug-likeness (QED) is 0.894. The number of para-hydroxylation sites is 1. The van der Waals surface area contributed by atoms with Crippen LogP contribution in [0.2, 0.25) is 0 Å². The number of fused-ring (bicyclic) bond motifs is 1. The van der Waals surface area contributed by atoms with Crippen LogP contribution in [-0.2, 0) is 24.1 Å². The van der Waals surface area contributed by atoms with Gasteiger partial charge in [-0.3, -0.25) is 4.79 Å². The third kappa shape index (κ3) is 3.36. The van der Waals surface area contributed by atoms with Crippen molar-refractivity contribution in [1.82, 2.24) is 14.9 Å². The van der Waals surface area contributed by atoms with Crippen molar-refractivity contribution >= 4 is 11.7 Å². The van der Waals surface area contributed by atoms with Crippen LogP contribution in [0, 0.1) is 0 Å². The molecule has 136 valence electrons. The molecule has 0 unspecified atom stereocenters. The number of amides is 1. The molecule has 4 rings (SSSR count). The van der Waals surface area contributed by atoms with Gasteiger partial charge in [-0.2, -0.15) is 0 Å². The summed E-state index contributed by atoms with van der Waals surface area (Å²) in [5, 5.41) is 3.54. The van der Waals surface area contributed by atoms with Crippen molar-refractivity contribution in [3.63, 3.8) is 0 Å². The number of ether oxygens (including phenoxy) is 1. The van der Waals surface area contributed by atoms with E-state index in [1.807, 2.05) is 29.2 Å². The van der Waals surface area contributed by atoms with Gasteiger partial charge in [0.2, 0.25) is 5.91 Å². The average molecular weight is 352 g/mol. The molecule has 1 amide bonds. The predicted molar refractivity (Wildman–Crippen MR) is 99.4 cm³/mol. The molecule has 0 bridgehead atoms. The monoisotopic (exact) mass is 352 g/mol. The van der Waals surface area contributed by atoms with E-state index in [9.17, 15) is 4.79 Å². The van der Waals surface area contributed by atoms with Crippen LogP contribution in [0.25, 0.3) is 0 Å². The Bertz CT molecular complexity index is 808. The SMILES string of the molecule is COc1ccccc1CC(=O)N1CC[C@H](Nc2ncnc3c2CCC3)C1. The molecule has 0 spiro atoms. The van der Waals surface area contributed by atoms with Crippen LogP contribution in [0.3, 0.4) is 0 Å². The van der Waals surface area contributed by atoms with E-state index >= 15 is 0 Å². The summed E-state index contributed by atoms with van der Waals surface area (Å²) in [6, 6.07) is 7.95. The Kier molecular flexibility index (Phi) is 4.73. The van der Waals surface area contributed by atoms with E-state index in [1.54, 1.807) is 13.4 Å². The minimum absolute atomic E-state index is 0.145. The van der Waals surface area contributed by atoms with Gasteiger partial charge in [0.05, 0.1) is 13.5 Å². The Hall–Kier alpha value is -2.63. The standard InChI is InChI=1S/C20H24N4O2/c1-26-18-8-3-2-5-14(18)11-19(25)24-10-9-15(12-24)23-20-16-6-4-7-17(16)21-13-22-20/h2-3,5,8,13,15H,4,6-7,9-12H2,1H3,(H,21,22,23)/t15-/m0/s1. The third-order valence-electron chi connectivity index (χ3n) is 5.29. The van der Waals surface area contributed by atoms with Crippen LogP contribution in [0.15, 0.2) is 30.6 Å². The van der Waals surface area contributed by atoms with Crippen LogP contribution in [0.1, 0.15) is 29.7 Å². The van der Waals surface area contributed by atoms with Crippen LogP contribution >= 0.6 is 0 Å². The van der Waals surface area contributed by atoms with Crippen molar-refractivity contribution in [1.29, 1.82) is 0 Å². The molecular weight excluding hydrogens is 328 g/mol. The van der Waals surface area contributed by atoms with Gasteiger partial charge < -0.3 is 15.0 Å². The number of hydrogen-bond acceptors (Lipinski definition) is 5. The van der Waals surface area contributed by atoms with Crippen molar-refractivity contribution in [3.8, 4) is 5.75 Å². The summed E-state index contributed by atoms with van der Waals surface area (Å²) in [4.78, 5) is 23.4. The lowest BCUT2D eigenvalue weighted by molar-refractivity contribution is -0.129. The first-order chi connectivity index (χ1) is 12.7. The molecule has 2 aliphatic rings. The first-order valence-corrected chi connectivity index (χ1v) is 9.23. The molecule has 1 saturated heterocycles. The molecule has 0 radical (unpaired) electrons. The van der Waals surface area contributed by atoms with E-state index in [0.717, 1.165) is 49.4 Å². The van der Waals surface area contributed by atoms with Gasteiger partial charge in [-0.25, -0.2) is 9.97 Å². The van der Waals surface area contributed by atoms with Crippen molar-refractivity contribution in [3.05, 3.63) is 47.4 Å². The van der Waals surface area contributed by atoms with Gasteiger partial charge in [-0.05, 0) is 31.7 Å². The molecule has 6 heteroatoms. The zero-order valence-electron chi connectivity index (χ0n) is 15.1. The van der Waals surface area contributed by atoms with Crippen molar-refractivity contribution in [2.75, 3.05) is 25.5 Å². The molecule has 1 fully saturated rings. The minimum atomic E-state index is 0.145. The second-order valence-corrected chi connectivity index (χ2v) is 6.96. The van der Waals surface area contributed by atoms with E-state index in [-0.39, 0.29) is 11.9 Å². The number of likely N-dealkylation sites (tertiary alicyclic amines) is 1. The molecule has 1 aromatic carbocycles. The Labute approximate surface area is 153 Å². The molecule has 2 aromatic rings. The highest BCUT2D eigenvalue weighted by molar-refractivity contribution is 5.80. The van der Waals surface area contributed by atoms with Gasteiger partial charge in [0.1, 0.15) is 17.9 Å². The smallest absolute Gasteiger partial charge is 0.227 e. The number of anilines is 1. The van der Waals surface area contributed by atoms with Gasteiger partial charge in [0.15, 0.2) is 0 Å². The second kappa shape index (κ2) is 7.32. The number of nitrogens with one attached hydrogen (secondary N) is 1. The fourth-order valence-corrected chi connectivity index (χ4v) is 3.91. The Balaban J connectivity index is 1.38. The lowest BCUT2D eigenvalue weighted by Crippen LogP contribution is -2.33. The topological polar surface area (TPSA) is 67.3 Å². The summed E-state index contributed by atoms with van der Waals surface area (Å²) >= 11 is 0. The zero-order valence-corrected chi connectivity index (χ0v) is 15.1. The maximum Gasteiger partial charge on any atom is 0.227 e. The maximum absolute atomic E-state index is 12.7. The lowest BCUT2D eigenvalue weighted by atomic mass is 10.1. The van der Waals surface area contributed by atoms with Gasteiger partial charge >= 0.3 is 0 Å². The first-order valence-electron chi connectivity index (χ1n) is 9.23. The van der Waals surface area contributed by atoms with E-state index in [1.165, 1.54) is 11.3 Å². The van der Waals surface area contributed by atoms with Gasteiger partial charge in [-0.1, -0.05) is 18.2 Å². The zero-order chi connectivity index (χ0) is 17.9. The molecule has 1 N–H and O–H groups in total. The van der Waals surface area contributed by atoms with Gasteiger partial charge in [0, 0.05) is 36.0 Å². The normalized spacial score (nSPS) is 18.7. The van der Waals surface area contributed by atoms with Crippen LogP contribution < -0.4 is 10.1 Å². The molecule has 1 aliphatic carbocycles. The Morgan fingerprint density at radius 1 is 1.31 bits per heavy atom. The van der Waals surface area contributed by atoms with E-state index in [4.69, 9.17) is 4.74 Å². The van der Waals surface area contributed by atoms with Crippen molar-refractivity contribution in [2.45, 2.75) is 38.1 Å². The minimum Gasteiger partial charge on any atom is -0.496 e. The Morgan fingerprint density at radius 2 is 2.19 bits per heavy atom. The van der Waals surface area contributed by atoms with Crippen LogP contribution in [0.4, 0.5) is 5.82 Å². The summed E-state index contributed by atoms with van der Waals surface area (Å²) in [5.41, 5.74) is 3.36. The summed E-state index contributed by atoms with van der Waals surface area (Å²) in [6.45, 7) is 1.49. The molecule has 2 heterocycles. The average Bonchev–Trinajstić information content (AvgIpc) is 3.32. The number of carbonyl (C=O) groups is 1. The highest BCUT2D eigenvalue weighted by Gasteiger charge is 2.28. The van der Waals surface area contributed by atoms with Crippen molar-refractivity contribution in [2.24, 2.45) is 0 Å². The number of aromatic nitrogens is 2. The number of nitrogens with zero attached hydrogens (tertiary/aromatic N) is 3. The van der Waals surface area contributed by atoms with Crippen LogP contribution in [-0.4, -0.2) is 47.0 Å². The molecule has 1 aliphatic heterocycles. The number of rotatable bonds is 5. The van der Waals surface area contributed by atoms with Crippen LogP contribution in [0.5, 0.6) is 5.75 Å². The largest absolute Gasteiger partial charge is 0.496 e. The van der Waals surface area contributed by atoms with E-state index in [0.29, 0.717) is 13.0 Å². The summed E-state index contributed by atoms with van der Waals surface area (Å²) in [7, 11) is 1.64. The lowest BCUT2D eigenvalue weighted by Gasteiger charge is -2.19. The Morgan fingerprint density at radius 3 is 3.08 bits per heavy atom. The molecule has 0 saturated carbocycles. The predicted octanol–water partition coefficient (Wildman–Crippen LogP) is 2.23. The fourth-order valence-electron chi connectivity index (χ4n) is 3.91. The molecule has 1 aromatic heterocycles. The van der Waals surface area contributed by atoms with Gasteiger partial charge in [0.25, 0.3) is 0 Å². The van der Waals surface area contributed by atoms with E-state index < -0.39 is 0 Å². The third-order valence-corrected chi connectivity index (χ3v) is 5.29. The summed E-state index contributed by atoms with van der Waals surface area (Å²) in [5.74, 6) is 1.87. The molecule has 26 heavy (non-hydrogen) atoms. The summed E-state index contributed by atoms with van der Waals surface area (Å²) < 4.78 is 5.35. The first kappa shape index (κ1) is 16.8. The number of carbonyl (C=O) groups excluding carboxylic acids is 1. The molecule has 1 atom stereocenters. The number of methoxy groups -OCH3 is 1. The van der Waals surface area contributed by atoms with Gasteiger partial charge in [-0.15, -0.1) is 0 Å². The number of aryl methyl sites for hydroxylation is 1. The number of benzene rings is 1. The number of hydrogen-bond donors (Lipinski definition) is 1. The maximum atomic E-state index is 12.7. The highest BCUT2D eigenvalue weighted by atomic mass is 16.5. The summed E-state index contributed by atoms with van der Waals surface area (Å²) in [6.07, 6.45) is 6.20. The second-order valence-electron chi connectivity index (χ2n) is 6.96.